The second-order valence-corrected chi connectivity index (χ2v) is 12.2. The molecule has 1 fully saturated rings. The van der Waals surface area contributed by atoms with E-state index in [-0.39, 0.29) is 18.0 Å². The van der Waals surface area contributed by atoms with Crippen molar-refractivity contribution in [3.8, 4) is 0 Å². The number of unbranched alkanes of at least 4 members (excludes halogenated alkanes) is 10. The molecule has 1 N–H and O–H groups in total. The first-order valence-corrected chi connectivity index (χ1v) is 22.1. The summed E-state index contributed by atoms with van der Waals surface area (Å²) in [5, 5.41) is 3.22. The molecule has 1 rings (SSSR count). The first-order valence-electron chi connectivity index (χ1n) is 22.1. The topological polar surface area (TPSA) is 67.9 Å². The molecular weight excluding hydrogens is 633 g/mol. The van der Waals surface area contributed by atoms with Gasteiger partial charge >= 0.3 is 11.9 Å². The number of likely N-dealkylation sites (N-methyl/N-ethyl adjacent to an activating group) is 1. The second-order valence-electron chi connectivity index (χ2n) is 12.2. The summed E-state index contributed by atoms with van der Waals surface area (Å²) in [6.45, 7) is 37.1. The third-order valence-electron chi connectivity index (χ3n) is 6.46. The number of hydrogen-bond donors (Lipinski definition) is 1. The van der Waals surface area contributed by atoms with Crippen molar-refractivity contribution < 1.29 is 19.1 Å². The molecule has 1 aliphatic heterocycles. The molecule has 1 aliphatic rings. The maximum absolute atomic E-state index is 11.6. The van der Waals surface area contributed by atoms with Crippen molar-refractivity contribution in [1.82, 2.24) is 10.2 Å². The maximum atomic E-state index is 11.6. The van der Waals surface area contributed by atoms with Crippen LogP contribution in [0.4, 0.5) is 0 Å². The van der Waals surface area contributed by atoms with Crippen molar-refractivity contribution in [3.05, 3.63) is 12.7 Å². The number of nitrogens with zero attached hydrogens (tertiary/aromatic N) is 1. The standard InChI is InChI=1S/C20H41NO2.C10H17NO2.3C3H8.3C2H6/c1-4-6-7-8-9-10-11-12-13-14-15-16-20(22)23-19-18-21(3)17-5-2;1-2-3-4-10(12)13-9-5-7-11-8-6-9;3*1-3-2;3*1-2/h4-19H2,1-3H3;2,9,11H,1,3-8H2;3*3H2,1-2H3;3*1-2H3. The molecule has 1 heterocycles. The highest BCUT2D eigenvalue weighted by atomic mass is 16.5. The zero-order valence-electron chi connectivity index (χ0n) is 38.1. The largest absolute Gasteiger partial charge is 0.464 e. The Morgan fingerprint density at radius 3 is 1.43 bits per heavy atom. The van der Waals surface area contributed by atoms with E-state index in [4.69, 9.17) is 9.47 Å². The predicted molar refractivity (Wildman–Crippen MR) is 233 cm³/mol. The SMILES string of the molecule is C=CCCC(=O)OC1CCNCC1.CC.CC.CC.CCC.CCC.CCC.CCCCCCCCCCCCCC(=O)OCCN(C)CCC. The third-order valence-corrected chi connectivity index (χ3v) is 6.46. The van der Waals surface area contributed by atoms with Crippen molar-refractivity contribution >= 4 is 11.9 Å². The summed E-state index contributed by atoms with van der Waals surface area (Å²) in [6, 6.07) is 0. The number of ether oxygens (including phenoxy) is 2. The molecule has 51 heavy (non-hydrogen) atoms. The van der Waals surface area contributed by atoms with Crippen LogP contribution in [0, 0.1) is 0 Å². The third kappa shape index (κ3) is 78.8. The lowest BCUT2D eigenvalue weighted by Gasteiger charge is -2.22. The Kier molecular flexibility index (Phi) is 88.9. The van der Waals surface area contributed by atoms with Crippen molar-refractivity contribution in [2.75, 3.05) is 39.8 Å². The molecule has 314 valence electrons. The van der Waals surface area contributed by atoms with Gasteiger partial charge in [-0.3, -0.25) is 9.59 Å². The number of carbonyl (C=O) groups excluding carboxylic acids is 2. The van der Waals surface area contributed by atoms with Crippen molar-refractivity contribution in [1.29, 1.82) is 0 Å². The van der Waals surface area contributed by atoms with E-state index in [1.807, 2.05) is 41.5 Å². The normalized spacial score (nSPS) is 11.1. The molecule has 0 bridgehead atoms. The van der Waals surface area contributed by atoms with E-state index >= 15 is 0 Å². The highest BCUT2D eigenvalue weighted by molar-refractivity contribution is 5.69. The Morgan fingerprint density at radius 2 is 1.04 bits per heavy atom. The Hall–Kier alpha value is -1.40. The number of piperidine rings is 1. The van der Waals surface area contributed by atoms with Gasteiger partial charge in [0.2, 0.25) is 0 Å². The molecular formula is C45H100N2O4. The summed E-state index contributed by atoms with van der Waals surface area (Å²) < 4.78 is 10.5. The van der Waals surface area contributed by atoms with E-state index in [1.165, 1.54) is 83.5 Å². The van der Waals surface area contributed by atoms with Crippen LogP contribution >= 0.6 is 0 Å². The highest BCUT2D eigenvalue weighted by Crippen LogP contribution is 2.12. The minimum Gasteiger partial charge on any atom is -0.464 e. The first-order chi connectivity index (χ1) is 24.8. The first kappa shape index (κ1) is 64.6. The molecule has 0 amide bonds. The van der Waals surface area contributed by atoms with E-state index < -0.39 is 0 Å². The number of rotatable bonds is 21. The summed E-state index contributed by atoms with van der Waals surface area (Å²) in [6.07, 6.45) is 24.9. The van der Waals surface area contributed by atoms with Crippen LogP contribution in [0.2, 0.25) is 0 Å². The zero-order valence-corrected chi connectivity index (χ0v) is 38.1. The summed E-state index contributed by atoms with van der Waals surface area (Å²) >= 11 is 0. The van der Waals surface area contributed by atoms with E-state index in [0.29, 0.717) is 25.9 Å². The molecule has 0 aliphatic carbocycles. The quantitative estimate of drug-likeness (QED) is 0.0720. The van der Waals surface area contributed by atoms with Gasteiger partial charge in [-0.1, -0.05) is 186 Å². The smallest absolute Gasteiger partial charge is 0.306 e. The average Bonchev–Trinajstić information content (AvgIpc) is 3.14. The van der Waals surface area contributed by atoms with Gasteiger partial charge in [0.05, 0.1) is 0 Å². The van der Waals surface area contributed by atoms with Gasteiger partial charge in [-0.05, 0) is 58.8 Å². The summed E-state index contributed by atoms with van der Waals surface area (Å²) in [5.41, 5.74) is 0. The van der Waals surface area contributed by atoms with Crippen LogP contribution in [0.3, 0.4) is 0 Å². The molecule has 6 heteroatoms. The molecule has 0 spiro atoms. The van der Waals surface area contributed by atoms with Gasteiger partial charge in [0.25, 0.3) is 0 Å². The van der Waals surface area contributed by atoms with Gasteiger partial charge < -0.3 is 19.7 Å². The maximum Gasteiger partial charge on any atom is 0.306 e. The molecule has 0 unspecified atom stereocenters. The molecule has 0 saturated carbocycles. The fourth-order valence-electron chi connectivity index (χ4n) is 4.19. The van der Waals surface area contributed by atoms with Gasteiger partial charge in [-0.15, -0.1) is 6.58 Å². The molecule has 0 aromatic heterocycles. The number of esters is 2. The van der Waals surface area contributed by atoms with Crippen LogP contribution in [0.25, 0.3) is 0 Å². The Bertz CT molecular complexity index is 562. The molecule has 0 atom stereocenters. The van der Waals surface area contributed by atoms with Gasteiger partial charge in [0, 0.05) is 19.4 Å². The average molecular weight is 733 g/mol. The highest BCUT2D eigenvalue weighted by Gasteiger charge is 2.16. The van der Waals surface area contributed by atoms with Crippen LogP contribution in [-0.4, -0.2) is 62.8 Å². The lowest BCUT2D eigenvalue weighted by Crippen LogP contribution is -2.33. The van der Waals surface area contributed by atoms with Crippen LogP contribution in [0.15, 0.2) is 12.7 Å². The van der Waals surface area contributed by atoms with E-state index in [9.17, 15) is 9.59 Å². The fraction of sp³-hybridized carbons (Fsp3) is 0.911. The molecule has 0 aromatic carbocycles. The number of nitrogens with one attached hydrogen (secondary N) is 1. The van der Waals surface area contributed by atoms with Crippen LogP contribution in [0.5, 0.6) is 0 Å². The molecule has 0 aromatic rings. The summed E-state index contributed by atoms with van der Waals surface area (Å²) in [4.78, 5) is 25.0. The lowest BCUT2D eigenvalue weighted by molar-refractivity contribution is -0.150. The van der Waals surface area contributed by atoms with Crippen molar-refractivity contribution in [2.24, 2.45) is 0 Å². The molecule has 1 saturated heterocycles. The molecule has 6 nitrogen and oxygen atoms in total. The Balaban J connectivity index is -0.000000116. The minimum atomic E-state index is -0.0909. The van der Waals surface area contributed by atoms with E-state index in [1.54, 1.807) is 6.08 Å². The van der Waals surface area contributed by atoms with E-state index in [0.717, 1.165) is 51.9 Å². The minimum absolute atomic E-state index is 0.0224. The Morgan fingerprint density at radius 1 is 0.627 bits per heavy atom. The van der Waals surface area contributed by atoms with Crippen LogP contribution < -0.4 is 5.32 Å². The van der Waals surface area contributed by atoms with Gasteiger partial charge in [-0.2, -0.15) is 0 Å². The molecule has 0 radical (unpaired) electrons. The number of carbonyl (C=O) groups is 2. The second kappa shape index (κ2) is 70.2. The van der Waals surface area contributed by atoms with Crippen molar-refractivity contribution in [2.45, 2.75) is 231 Å². The predicted octanol–water partition coefficient (Wildman–Crippen LogP) is 14.1. The van der Waals surface area contributed by atoms with Gasteiger partial charge in [0.15, 0.2) is 0 Å². The van der Waals surface area contributed by atoms with Crippen LogP contribution in [0.1, 0.15) is 225 Å². The van der Waals surface area contributed by atoms with E-state index in [2.05, 4.69) is 79.2 Å². The fourth-order valence-corrected chi connectivity index (χ4v) is 4.19. The number of hydrogen-bond acceptors (Lipinski definition) is 6. The number of allylic oxidation sites excluding steroid dienone is 1. The summed E-state index contributed by atoms with van der Waals surface area (Å²) in [5.74, 6) is -0.113. The zero-order chi connectivity index (χ0) is 40.8. The van der Waals surface area contributed by atoms with Crippen LogP contribution in [-0.2, 0) is 19.1 Å². The van der Waals surface area contributed by atoms with Gasteiger partial charge in [0.1, 0.15) is 12.7 Å². The monoisotopic (exact) mass is 733 g/mol. The Labute approximate surface area is 324 Å². The lowest BCUT2D eigenvalue weighted by atomic mass is 10.1. The van der Waals surface area contributed by atoms with Crippen molar-refractivity contribution in [3.63, 3.8) is 0 Å². The van der Waals surface area contributed by atoms with Gasteiger partial charge in [-0.25, -0.2) is 0 Å². The summed E-state index contributed by atoms with van der Waals surface area (Å²) in [7, 11) is 2.07.